The van der Waals surface area contributed by atoms with Crippen molar-refractivity contribution >= 4 is 5.97 Å². The molecular formula is C23H40O3. The molecule has 0 aliphatic carbocycles. The molecule has 0 saturated carbocycles. The van der Waals surface area contributed by atoms with Gasteiger partial charge in [0.15, 0.2) is 0 Å². The third-order valence-electron chi connectivity index (χ3n) is 5.14. The predicted molar refractivity (Wildman–Crippen MR) is 109 cm³/mol. The van der Waals surface area contributed by atoms with Gasteiger partial charge in [-0.15, -0.1) is 0 Å². The Labute approximate surface area is 160 Å². The van der Waals surface area contributed by atoms with Crippen LogP contribution in [0, 0.1) is 6.92 Å². The van der Waals surface area contributed by atoms with Gasteiger partial charge >= 0.3 is 5.97 Å². The number of hydrogen-bond donors (Lipinski definition) is 1. The van der Waals surface area contributed by atoms with Gasteiger partial charge in [0.2, 0.25) is 0 Å². The molecular weight excluding hydrogens is 324 g/mol. The second-order valence-electron chi connectivity index (χ2n) is 7.71. The lowest BCUT2D eigenvalue weighted by Crippen LogP contribution is -1.93. The first kappa shape index (κ1) is 22.8. The summed E-state index contributed by atoms with van der Waals surface area (Å²) in [5.74, 6) is 1.72. The molecule has 0 aromatic carbocycles. The molecule has 3 heteroatoms. The quantitative estimate of drug-likeness (QED) is 0.296. The van der Waals surface area contributed by atoms with Crippen LogP contribution in [-0.4, -0.2) is 11.1 Å². The Bertz CT molecular complexity index is 476. The zero-order chi connectivity index (χ0) is 19.0. The molecule has 0 radical (unpaired) electrons. The summed E-state index contributed by atoms with van der Waals surface area (Å²) in [7, 11) is 0. The summed E-state index contributed by atoms with van der Waals surface area (Å²) >= 11 is 0. The van der Waals surface area contributed by atoms with Gasteiger partial charge in [0.25, 0.3) is 0 Å². The average Bonchev–Trinajstić information content (AvgIpc) is 2.95. The lowest BCUT2D eigenvalue weighted by molar-refractivity contribution is -0.137. The van der Waals surface area contributed by atoms with Crippen LogP contribution in [-0.2, 0) is 17.6 Å². The van der Waals surface area contributed by atoms with Crippen molar-refractivity contribution in [3.05, 3.63) is 23.2 Å². The second-order valence-corrected chi connectivity index (χ2v) is 7.71. The maximum atomic E-state index is 10.4. The maximum absolute atomic E-state index is 10.4. The summed E-state index contributed by atoms with van der Waals surface area (Å²) in [5.41, 5.74) is 1.33. The van der Waals surface area contributed by atoms with E-state index in [9.17, 15) is 4.79 Å². The smallest absolute Gasteiger partial charge is 0.303 e. The zero-order valence-electron chi connectivity index (χ0n) is 17.2. The molecule has 150 valence electrons. The number of carbonyl (C=O) groups is 1. The Balaban J connectivity index is 1.94. The molecule has 0 amide bonds. The van der Waals surface area contributed by atoms with Crippen LogP contribution in [0.1, 0.15) is 114 Å². The van der Waals surface area contributed by atoms with Gasteiger partial charge in [-0.2, -0.15) is 0 Å². The second kappa shape index (κ2) is 14.9. The van der Waals surface area contributed by atoms with Gasteiger partial charge in [0.05, 0.1) is 0 Å². The molecule has 0 aliphatic rings. The van der Waals surface area contributed by atoms with Crippen LogP contribution in [0.4, 0.5) is 0 Å². The van der Waals surface area contributed by atoms with E-state index in [4.69, 9.17) is 9.52 Å². The van der Waals surface area contributed by atoms with Crippen molar-refractivity contribution in [2.45, 2.75) is 117 Å². The number of carboxylic acids is 1. The van der Waals surface area contributed by atoms with Crippen LogP contribution >= 0.6 is 0 Å². The lowest BCUT2D eigenvalue weighted by atomic mass is 10.0. The Morgan fingerprint density at radius 3 is 1.96 bits per heavy atom. The number of rotatable bonds is 17. The highest BCUT2D eigenvalue weighted by molar-refractivity contribution is 5.66. The van der Waals surface area contributed by atoms with Gasteiger partial charge in [-0.05, 0) is 37.8 Å². The van der Waals surface area contributed by atoms with Gasteiger partial charge in [-0.1, -0.05) is 71.1 Å². The Kier molecular flexibility index (Phi) is 13.0. The highest BCUT2D eigenvalue weighted by Crippen LogP contribution is 2.20. The predicted octanol–water partition coefficient (Wildman–Crippen LogP) is 7.24. The molecule has 1 aromatic rings. The van der Waals surface area contributed by atoms with Crippen molar-refractivity contribution in [1.29, 1.82) is 0 Å². The molecule has 1 heterocycles. The Hall–Kier alpha value is -1.25. The van der Waals surface area contributed by atoms with E-state index in [2.05, 4.69) is 19.9 Å². The van der Waals surface area contributed by atoms with Gasteiger partial charge in [0.1, 0.15) is 11.5 Å². The summed E-state index contributed by atoms with van der Waals surface area (Å²) in [4.78, 5) is 10.4. The van der Waals surface area contributed by atoms with E-state index in [-0.39, 0.29) is 0 Å². The first-order valence-electron chi connectivity index (χ1n) is 10.9. The summed E-state index contributed by atoms with van der Waals surface area (Å²) in [5, 5.41) is 8.58. The van der Waals surface area contributed by atoms with Gasteiger partial charge in [-0.3, -0.25) is 4.79 Å². The summed E-state index contributed by atoms with van der Waals surface area (Å²) < 4.78 is 6.03. The van der Waals surface area contributed by atoms with Crippen LogP contribution in [0.15, 0.2) is 10.5 Å². The van der Waals surface area contributed by atoms with Crippen molar-refractivity contribution in [3.8, 4) is 0 Å². The van der Waals surface area contributed by atoms with Crippen molar-refractivity contribution in [1.82, 2.24) is 0 Å². The van der Waals surface area contributed by atoms with Crippen molar-refractivity contribution < 1.29 is 14.3 Å². The van der Waals surface area contributed by atoms with Gasteiger partial charge in [-0.25, -0.2) is 0 Å². The number of carboxylic acid groups (broad SMARTS) is 1. The highest BCUT2D eigenvalue weighted by atomic mass is 16.4. The summed E-state index contributed by atoms with van der Waals surface area (Å²) in [6, 6.07) is 2.24. The van der Waals surface area contributed by atoms with Crippen molar-refractivity contribution in [2.24, 2.45) is 0 Å². The van der Waals surface area contributed by atoms with Crippen LogP contribution in [0.2, 0.25) is 0 Å². The summed E-state index contributed by atoms with van der Waals surface area (Å²) in [6.45, 7) is 4.42. The molecule has 0 unspecified atom stereocenters. The van der Waals surface area contributed by atoms with E-state index in [1.807, 2.05) is 0 Å². The van der Waals surface area contributed by atoms with Gasteiger partial charge in [0, 0.05) is 19.3 Å². The van der Waals surface area contributed by atoms with Crippen LogP contribution in [0.3, 0.4) is 0 Å². The van der Waals surface area contributed by atoms with Crippen molar-refractivity contribution in [3.63, 3.8) is 0 Å². The monoisotopic (exact) mass is 364 g/mol. The lowest BCUT2D eigenvalue weighted by Gasteiger charge is -2.02. The standard InChI is InChI=1S/C23H40O3/c1-3-4-13-17-22-20(2)19-21(26-22)16-14-11-9-7-5-6-8-10-12-15-18-23(24)25/h19H,3-18H2,1-2H3,(H,24,25). The molecule has 0 saturated heterocycles. The minimum Gasteiger partial charge on any atom is -0.481 e. The normalized spacial score (nSPS) is 11.2. The first-order chi connectivity index (χ1) is 12.6. The maximum Gasteiger partial charge on any atom is 0.303 e. The number of hydrogen-bond acceptors (Lipinski definition) is 2. The Morgan fingerprint density at radius 1 is 0.846 bits per heavy atom. The van der Waals surface area contributed by atoms with E-state index >= 15 is 0 Å². The molecule has 0 spiro atoms. The van der Waals surface area contributed by atoms with E-state index in [1.165, 1.54) is 87.7 Å². The fraction of sp³-hybridized carbons (Fsp3) is 0.783. The van der Waals surface area contributed by atoms with E-state index in [1.54, 1.807) is 0 Å². The molecule has 0 bridgehead atoms. The Morgan fingerprint density at radius 2 is 1.38 bits per heavy atom. The van der Waals surface area contributed by atoms with E-state index in [0.29, 0.717) is 6.42 Å². The highest BCUT2D eigenvalue weighted by Gasteiger charge is 2.07. The molecule has 1 rings (SSSR count). The third kappa shape index (κ3) is 11.4. The fourth-order valence-electron chi connectivity index (χ4n) is 3.49. The van der Waals surface area contributed by atoms with E-state index in [0.717, 1.165) is 25.7 Å². The largest absolute Gasteiger partial charge is 0.481 e. The SMILES string of the molecule is CCCCCc1oc(CCCCCCCCCCCCC(=O)O)cc1C. The average molecular weight is 365 g/mol. The number of aliphatic carboxylic acids is 1. The number of aryl methyl sites for hydroxylation is 3. The number of unbranched alkanes of at least 4 members (excludes halogenated alkanes) is 11. The topological polar surface area (TPSA) is 50.4 Å². The third-order valence-corrected chi connectivity index (χ3v) is 5.14. The molecule has 0 aliphatic heterocycles. The molecule has 0 fully saturated rings. The molecule has 0 atom stereocenters. The number of furan rings is 1. The fourth-order valence-corrected chi connectivity index (χ4v) is 3.49. The van der Waals surface area contributed by atoms with Crippen molar-refractivity contribution in [2.75, 3.05) is 0 Å². The van der Waals surface area contributed by atoms with Crippen LogP contribution in [0.25, 0.3) is 0 Å². The molecule has 1 N–H and O–H groups in total. The minimum absolute atomic E-state index is 0.329. The minimum atomic E-state index is -0.664. The molecule has 3 nitrogen and oxygen atoms in total. The van der Waals surface area contributed by atoms with Gasteiger partial charge < -0.3 is 9.52 Å². The van der Waals surface area contributed by atoms with Crippen LogP contribution < -0.4 is 0 Å². The van der Waals surface area contributed by atoms with Crippen LogP contribution in [0.5, 0.6) is 0 Å². The molecule has 26 heavy (non-hydrogen) atoms. The first-order valence-corrected chi connectivity index (χ1v) is 10.9. The molecule has 1 aromatic heterocycles. The summed E-state index contributed by atoms with van der Waals surface area (Å²) in [6.07, 6.45) is 18.4. The van der Waals surface area contributed by atoms with E-state index < -0.39 is 5.97 Å². The zero-order valence-corrected chi connectivity index (χ0v) is 17.2.